The number of nitrogens with one attached hydrogen (secondary N) is 1. The van der Waals surface area contributed by atoms with Crippen molar-refractivity contribution in [2.24, 2.45) is 0 Å². The largest absolute Gasteiger partial charge is 0.309 e. The Morgan fingerprint density at radius 3 is 2.62 bits per heavy atom. The molecule has 0 saturated heterocycles. The number of aromatic nitrogens is 6. The van der Waals surface area contributed by atoms with Gasteiger partial charge in [0.15, 0.2) is 5.82 Å². The second kappa shape index (κ2) is 6.33. The number of anilines is 1. The predicted molar refractivity (Wildman–Crippen MR) is 89.6 cm³/mol. The number of aryl methyl sites for hydroxylation is 1. The lowest BCUT2D eigenvalue weighted by Crippen LogP contribution is -2.23. The van der Waals surface area contributed by atoms with Crippen LogP contribution in [0, 0.1) is 6.92 Å². The SMILES string of the molecule is Cc1cc(NC(=O)Cn2nnc(C(C)(C)C)n2)n(C2CCCC2)n1. The van der Waals surface area contributed by atoms with E-state index in [0.29, 0.717) is 11.9 Å². The Morgan fingerprint density at radius 2 is 2.00 bits per heavy atom. The third-order valence-electron chi connectivity index (χ3n) is 4.20. The van der Waals surface area contributed by atoms with Gasteiger partial charge >= 0.3 is 0 Å². The van der Waals surface area contributed by atoms with E-state index < -0.39 is 0 Å². The molecule has 2 heterocycles. The fourth-order valence-corrected chi connectivity index (χ4v) is 2.96. The van der Waals surface area contributed by atoms with Gasteiger partial charge in [0.05, 0.1) is 11.7 Å². The van der Waals surface area contributed by atoms with Crippen LogP contribution < -0.4 is 5.32 Å². The molecule has 0 bridgehead atoms. The number of hydrogen-bond donors (Lipinski definition) is 1. The lowest BCUT2D eigenvalue weighted by atomic mass is 9.96. The molecule has 1 aliphatic carbocycles. The molecule has 1 aliphatic rings. The first-order chi connectivity index (χ1) is 11.3. The van der Waals surface area contributed by atoms with Gasteiger partial charge in [-0.1, -0.05) is 33.6 Å². The van der Waals surface area contributed by atoms with Gasteiger partial charge in [0.25, 0.3) is 0 Å². The van der Waals surface area contributed by atoms with Crippen molar-refractivity contribution in [2.75, 3.05) is 5.32 Å². The van der Waals surface area contributed by atoms with Crippen LogP contribution in [0.25, 0.3) is 0 Å². The summed E-state index contributed by atoms with van der Waals surface area (Å²) in [7, 11) is 0. The van der Waals surface area contributed by atoms with Gasteiger partial charge < -0.3 is 5.32 Å². The quantitative estimate of drug-likeness (QED) is 0.928. The maximum atomic E-state index is 12.3. The van der Waals surface area contributed by atoms with Crippen molar-refractivity contribution in [2.45, 2.75) is 71.4 Å². The van der Waals surface area contributed by atoms with E-state index in [1.54, 1.807) is 0 Å². The highest BCUT2D eigenvalue weighted by molar-refractivity contribution is 5.89. The molecular formula is C16H25N7O. The van der Waals surface area contributed by atoms with Gasteiger partial charge in [-0.05, 0) is 25.0 Å². The maximum Gasteiger partial charge on any atom is 0.249 e. The van der Waals surface area contributed by atoms with Crippen LogP contribution in [0.15, 0.2) is 6.07 Å². The Bertz CT molecular complexity index is 719. The number of tetrazole rings is 1. The number of rotatable bonds is 4. The van der Waals surface area contributed by atoms with Crippen molar-refractivity contribution in [3.05, 3.63) is 17.6 Å². The van der Waals surface area contributed by atoms with Gasteiger partial charge in [0, 0.05) is 11.5 Å². The predicted octanol–water partition coefficient (Wildman–Crippen LogP) is 2.23. The van der Waals surface area contributed by atoms with Crippen LogP contribution in [0.3, 0.4) is 0 Å². The highest BCUT2D eigenvalue weighted by Crippen LogP contribution is 2.31. The molecule has 24 heavy (non-hydrogen) atoms. The molecule has 130 valence electrons. The van der Waals surface area contributed by atoms with E-state index in [9.17, 15) is 4.79 Å². The van der Waals surface area contributed by atoms with Crippen molar-refractivity contribution in [1.82, 2.24) is 30.0 Å². The second-order valence-corrected chi connectivity index (χ2v) is 7.50. The Balaban J connectivity index is 1.68. The molecule has 8 nitrogen and oxygen atoms in total. The molecule has 0 aromatic carbocycles. The number of carbonyl (C=O) groups excluding carboxylic acids is 1. The van der Waals surface area contributed by atoms with Crippen molar-refractivity contribution in [3.8, 4) is 0 Å². The average molecular weight is 331 g/mol. The topological polar surface area (TPSA) is 90.5 Å². The summed E-state index contributed by atoms with van der Waals surface area (Å²) in [5.41, 5.74) is 0.721. The molecule has 0 aliphatic heterocycles. The Morgan fingerprint density at radius 1 is 1.29 bits per heavy atom. The maximum absolute atomic E-state index is 12.3. The molecule has 1 fully saturated rings. The standard InChI is InChI=1S/C16H25N7O/c1-11-9-13(23(19-11)12-7-5-6-8-12)17-14(24)10-22-20-15(18-21-22)16(2,3)4/h9,12H,5-8,10H2,1-4H3,(H,17,24). The molecule has 1 N–H and O–H groups in total. The fraction of sp³-hybridized carbons (Fsp3) is 0.688. The number of hydrogen-bond acceptors (Lipinski definition) is 5. The molecule has 8 heteroatoms. The minimum Gasteiger partial charge on any atom is -0.309 e. The van der Waals surface area contributed by atoms with Crippen molar-refractivity contribution in [1.29, 1.82) is 0 Å². The van der Waals surface area contributed by atoms with E-state index in [-0.39, 0.29) is 17.9 Å². The Kier molecular flexibility index (Phi) is 4.38. The normalized spacial score (nSPS) is 15.8. The first-order valence-electron chi connectivity index (χ1n) is 8.47. The molecule has 0 spiro atoms. The first-order valence-corrected chi connectivity index (χ1v) is 8.47. The highest BCUT2D eigenvalue weighted by Gasteiger charge is 2.23. The fourth-order valence-electron chi connectivity index (χ4n) is 2.96. The molecule has 0 atom stereocenters. The zero-order valence-corrected chi connectivity index (χ0v) is 14.8. The lowest BCUT2D eigenvalue weighted by molar-refractivity contribution is -0.117. The summed E-state index contributed by atoms with van der Waals surface area (Å²) in [5.74, 6) is 1.20. The molecule has 3 rings (SSSR count). The van der Waals surface area contributed by atoms with Crippen LogP contribution in [-0.4, -0.2) is 35.9 Å². The van der Waals surface area contributed by atoms with Crippen LogP contribution in [0.2, 0.25) is 0 Å². The summed E-state index contributed by atoms with van der Waals surface area (Å²) >= 11 is 0. The third-order valence-corrected chi connectivity index (χ3v) is 4.20. The zero-order chi connectivity index (χ0) is 17.3. The monoisotopic (exact) mass is 331 g/mol. The molecule has 0 radical (unpaired) electrons. The summed E-state index contributed by atoms with van der Waals surface area (Å²) < 4.78 is 1.95. The van der Waals surface area contributed by atoms with Gasteiger partial charge in [-0.15, -0.1) is 10.2 Å². The van der Waals surface area contributed by atoms with Crippen LogP contribution in [0.4, 0.5) is 5.82 Å². The summed E-state index contributed by atoms with van der Waals surface area (Å²) in [6, 6.07) is 2.29. The second-order valence-electron chi connectivity index (χ2n) is 7.50. The van der Waals surface area contributed by atoms with Crippen LogP contribution >= 0.6 is 0 Å². The summed E-state index contributed by atoms with van der Waals surface area (Å²) in [6.07, 6.45) is 4.66. The van der Waals surface area contributed by atoms with Crippen LogP contribution in [0.5, 0.6) is 0 Å². The molecule has 1 amide bonds. The van der Waals surface area contributed by atoms with E-state index in [2.05, 4.69) is 25.8 Å². The van der Waals surface area contributed by atoms with E-state index in [0.717, 1.165) is 24.4 Å². The average Bonchev–Trinajstić information content (AvgIpc) is 3.18. The zero-order valence-electron chi connectivity index (χ0n) is 14.8. The van der Waals surface area contributed by atoms with Crippen molar-refractivity contribution < 1.29 is 4.79 Å². The summed E-state index contributed by atoms with van der Waals surface area (Å²) in [5, 5.41) is 19.7. The smallest absolute Gasteiger partial charge is 0.249 e. The van der Waals surface area contributed by atoms with Crippen LogP contribution in [-0.2, 0) is 16.8 Å². The van der Waals surface area contributed by atoms with Gasteiger partial charge in [-0.3, -0.25) is 4.79 Å². The van der Waals surface area contributed by atoms with E-state index in [4.69, 9.17) is 0 Å². The lowest BCUT2D eigenvalue weighted by Gasteiger charge is -2.14. The van der Waals surface area contributed by atoms with Gasteiger partial charge in [0.2, 0.25) is 5.91 Å². The van der Waals surface area contributed by atoms with Gasteiger partial charge in [-0.25, -0.2) is 4.68 Å². The number of carbonyl (C=O) groups is 1. The minimum absolute atomic E-state index is 0.0397. The summed E-state index contributed by atoms with van der Waals surface area (Å²) in [6.45, 7) is 8.01. The first kappa shape index (κ1) is 16.6. The van der Waals surface area contributed by atoms with E-state index in [1.165, 1.54) is 17.6 Å². The van der Waals surface area contributed by atoms with Gasteiger partial charge in [0.1, 0.15) is 12.4 Å². The Labute approximate surface area is 141 Å². The molecule has 0 unspecified atom stereocenters. The molecule has 1 saturated carbocycles. The minimum atomic E-state index is -0.188. The van der Waals surface area contributed by atoms with Crippen LogP contribution in [0.1, 0.15) is 64.0 Å². The molecular weight excluding hydrogens is 306 g/mol. The van der Waals surface area contributed by atoms with E-state index in [1.807, 2.05) is 38.4 Å². The van der Waals surface area contributed by atoms with Crippen molar-refractivity contribution in [3.63, 3.8) is 0 Å². The Hall–Kier alpha value is -2.25. The van der Waals surface area contributed by atoms with E-state index >= 15 is 0 Å². The highest BCUT2D eigenvalue weighted by atomic mass is 16.2. The number of nitrogens with zero attached hydrogens (tertiary/aromatic N) is 6. The van der Waals surface area contributed by atoms with Crippen molar-refractivity contribution >= 4 is 11.7 Å². The van der Waals surface area contributed by atoms with Gasteiger partial charge in [-0.2, -0.15) is 9.90 Å². The third kappa shape index (κ3) is 3.63. The molecule has 2 aromatic heterocycles. The number of amides is 1. The molecule has 2 aromatic rings. The summed E-state index contributed by atoms with van der Waals surface area (Å²) in [4.78, 5) is 13.7.